The maximum Gasteiger partial charge on any atom is 0.233 e. The van der Waals surface area contributed by atoms with E-state index in [2.05, 4.69) is 29.2 Å². The lowest BCUT2D eigenvalue weighted by molar-refractivity contribution is -0.128. The summed E-state index contributed by atoms with van der Waals surface area (Å²) in [7, 11) is 4.05. The Morgan fingerprint density at radius 2 is 1.88 bits per heavy atom. The third-order valence-electron chi connectivity index (χ3n) is 4.66. The average Bonchev–Trinajstić information content (AvgIpc) is 3.14. The number of carbonyl (C=O) groups excluding carboxylic acids is 2. The van der Waals surface area contributed by atoms with E-state index in [0.717, 1.165) is 38.2 Å². The van der Waals surface area contributed by atoms with Crippen molar-refractivity contribution in [1.29, 1.82) is 0 Å². The van der Waals surface area contributed by atoms with Crippen LogP contribution in [0.2, 0.25) is 0 Å². The fourth-order valence-corrected chi connectivity index (χ4v) is 4.50. The summed E-state index contributed by atoms with van der Waals surface area (Å²) in [6.45, 7) is 2.35. The third kappa shape index (κ3) is 3.69. The van der Waals surface area contributed by atoms with Gasteiger partial charge in [-0.25, -0.2) is 0 Å². The number of thioether (sulfide) groups is 1. The van der Waals surface area contributed by atoms with Gasteiger partial charge in [0.05, 0.1) is 5.75 Å². The summed E-state index contributed by atoms with van der Waals surface area (Å²) in [6, 6.07) is 8.42. The molecular formula is C18H25N3O2S. The van der Waals surface area contributed by atoms with Crippen LogP contribution in [0.15, 0.2) is 24.3 Å². The minimum absolute atomic E-state index is 0.1000. The normalized spacial score (nSPS) is 21.0. The minimum atomic E-state index is 0.1000. The summed E-state index contributed by atoms with van der Waals surface area (Å²) in [5.74, 6) is 1.00. The second-order valence-electron chi connectivity index (χ2n) is 6.57. The van der Waals surface area contributed by atoms with Gasteiger partial charge in [-0.2, -0.15) is 0 Å². The van der Waals surface area contributed by atoms with Gasteiger partial charge in [0, 0.05) is 45.8 Å². The topological polar surface area (TPSA) is 43.9 Å². The molecule has 1 aromatic carbocycles. The van der Waals surface area contributed by atoms with E-state index in [1.807, 2.05) is 23.9 Å². The van der Waals surface area contributed by atoms with E-state index in [0.29, 0.717) is 12.2 Å². The summed E-state index contributed by atoms with van der Waals surface area (Å²) >= 11 is 1.69. The van der Waals surface area contributed by atoms with E-state index in [4.69, 9.17) is 0 Å². The predicted octanol–water partition coefficient (Wildman–Crippen LogP) is 2.34. The Morgan fingerprint density at radius 3 is 2.50 bits per heavy atom. The molecule has 0 N–H and O–H groups in total. The Kier molecular flexibility index (Phi) is 5.33. The lowest BCUT2D eigenvalue weighted by Gasteiger charge is -2.26. The first kappa shape index (κ1) is 17.1. The van der Waals surface area contributed by atoms with Crippen molar-refractivity contribution in [3.8, 4) is 0 Å². The number of nitrogens with zero attached hydrogens (tertiary/aromatic N) is 3. The van der Waals surface area contributed by atoms with E-state index >= 15 is 0 Å². The highest BCUT2D eigenvalue weighted by molar-refractivity contribution is 8.00. The fraction of sp³-hybridized carbons (Fsp3) is 0.556. The van der Waals surface area contributed by atoms with Gasteiger partial charge in [-0.3, -0.25) is 9.59 Å². The molecule has 2 aliphatic rings. The molecule has 2 fully saturated rings. The van der Waals surface area contributed by atoms with Crippen LogP contribution >= 0.6 is 11.8 Å². The lowest BCUT2D eigenvalue weighted by atomic mass is 10.1. The van der Waals surface area contributed by atoms with E-state index in [-0.39, 0.29) is 17.2 Å². The van der Waals surface area contributed by atoms with Crippen molar-refractivity contribution < 1.29 is 9.59 Å². The second-order valence-corrected chi connectivity index (χ2v) is 7.64. The van der Waals surface area contributed by atoms with Crippen LogP contribution in [-0.4, -0.2) is 61.1 Å². The fourth-order valence-electron chi connectivity index (χ4n) is 3.28. The predicted molar refractivity (Wildman–Crippen MR) is 98.1 cm³/mol. The SMILES string of the molecule is CN(C)c1ccc(C2SCC(=O)N2CCCN2CCCC2=O)cc1. The second kappa shape index (κ2) is 7.47. The Balaban J connectivity index is 1.60. The molecule has 2 heterocycles. The number of anilines is 1. The molecule has 0 aliphatic carbocycles. The number of hydrogen-bond acceptors (Lipinski definition) is 4. The van der Waals surface area contributed by atoms with Gasteiger partial charge in [-0.05, 0) is 30.5 Å². The highest BCUT2D eigenvalue weighted by Crippen LogP contribution is 2.39. The maximum atomic E-state index is 12.2. The van der Waals surface area contributed by atoms with Crippen LogP contribution in [0.1, 0.15) is 30.2 Å². The minimum Gasteiger partial charge on any atom is -0.378 e. The molecule has 1 unspecified atom stereocenters. The molecule has 0 aromatic heterocycles. The monoisotopic (exact) mass is 347 g/mol. The number of likely N-dealkylation sites (tertiary alicyclic amines) is 1. The molecule has 6 heteroatoms. The summed E-state index contributed by atoms with van der Waals surface area (Å²) < 4.78 is 0. The Morgan fingerprint density at radius 1 is 1.12 bits per heavy atom. The number of benzene rings is 1. The van der Waals surface area contributed by atoms with E-state index in [1.165, 1.54) is 5.56 Å². The Hall–Kier alpha value is -1.69. The zero-order chi connectivity index (χ0) is 17.1. The number of rotatable bonds is 6. The van der Waals surface area contributed by atoms with E-state index in [9.17, 15) is 9.59 Å². The maximum absolute atomic E-state index is 12.2. The van der Waals surface area contributed by atoms with Gasteiger partial charge in [0.25, 0.3) is 0 Å². The van der Waals surface area contributed by atoms with Crippen molar-refractivity contribution in [2.45, 2.75) is 24.6 Å². The molecule has 24 heavy (non-hydrogen) atoms. The van der Waals surface area contributed by atoms with Gasteiger partial charge in [-0.15, -0.1) is 11.8 Å². The summed E-state index contributed by atoms with van der Waals surface area (Å²) in [4.78, 5) is 29.9. The van der Waals surface area contributed by atoms with Crippen molar-refractivity contribution in [3.63, 3.8) is 0 Å². The van der Waals surface area contributed by atoms with Crippen LogP contribution in [0.25, 0.3) is 0 Å². The zero-order valence-electron chi connectivity index (χ0n) is 14.4. The van der Waals surface area contributed by atoms with Gasteiger partial charge in [0.2, 0.25) is 11.8 Å². The smallest absolute Gasteiger partial charge is 0.233 e. The standard InChI is InChI=1S/C18H25N3O2S/c1-19(2)15-8-6-14(7-9-15)18-21(17(23)13-24-18)12-4-11-20-10-3-5-16(20)22/h6-9,18H,3-5,10-13H2,1-2H3. The van der Waals surface area contributed by atoms with Gasteiger partial charge in [0.15, 0.2) is 0 Å². The first-order chi connectivity index (χ1) is 11.6. The molecule has 5 nitrogen and oxygen atoms in total. The van der Waals surface area contributed by atoms with Crippen molar-refractivity contribution in [2.24, 2.45) is 0 Å². The first-order valence-corrected chi connectivity index (χ1v) is 9.57. The highest BCUT2D eigenvalue weighted by Gasteiger charge is 2.32. The third-order valence-corrected chi connectivity index (χ3v) is 5.92. The summed E-state index contributed by atoms with van der Waals surface area (Å²) in [5.41, 5.74) is 2.33. The van der Waals surface area contributed by atoms with Crippen molar-refractivity contribution >= 4 is 29.3 Å². The highest BCUT2D eigenvalue weighted by atomic mass is 32.2. The van der Waals surface area contributed by atoms with Crippen LogP contribution < -0.4 is 4.90 Å². The largest absolute Gasteiger partial charge is 0.378 e. The summed E-state index contributed by atoms with van der Waals surface area (Å²) in [6.07, 6.45) is 2.50. The molecule has 0 radical (unpaired) electrons. The number of amides is 2. The van der Waals surface area contributed by atoms with Crippen LogP contribution in [0.3, 0.4) is 0 Å². The molecule has 1 aromatic rings. The van der Waals surface area contributed by atoms with Crippen LogP contribution in [0.5, 0.6) is 0 Å². The van der Waals surface area contributed by atoms with E-state index in [1.54, 1.807) is 11.8 Å². The molecule has 2 aliphatic heterocycles. The molecule has 2 amide bonds. The quantitative estimate of drug-likeness (QED) is 0.792. The molecule has 130 valence electrons. The lowest BCUT2D eigenvalue weighted by Crippen LogP contribution is -2.33. The Labute approximate surface area is 148 Å². The Bertz CT molecular complexity index is 603. The molecule has 0 bridgehead atoms. The number of hydrogen-bond donors (Lipinski definition) is 0. The van der Waals surface area contributed by atoms with Crippen molar-refractivity contribution in [2.75, 3.05) is 44.4 Å². The number of carbonyl (C=O) groups is 2. The van der Waals surface area contributed by atoms with Crippen LogP contribution in [-0.2, 0) is 9.59 Å². The van der Waals surface area contributed by atoms with Crippen LogP contribution in [0, 0.1) is 0 Å². The summed E-state index contributed by atoms with van der Waals surface area (Å²) in [5, 5.41) is 0.1000. The molecule has 0 spiro atoms. The zero-order valence-corrected chi connectivity index (χ0v) is 15.2. The molecule has 1 atom stereocenters. The van der Waals surface area contributed by atoms with E-state index < -0.39 is 0 Å². The van der Waals surface area contributed by atoms with Crippen molar-refractivity contribution in [3.05, 3.63) is 29.8 Å². The molecule has 0 saturated carbocycles. The van der Waals surface area contributed by atoms with Crippen LogP contribution in [0.4, 0.5) is 5.69 Å². The van der Waals surface area contributed by atoms with Gasteiger partial charge in [0.1, 0.15) is 5.37 Å². The molecule has 2 saturated heterocycles. The van der Waals surface area contributed by atoms with Gasteiger partial charge < -0.3 is 14.7 Å². The molecular weight excluding hydrogens is 322 g/mol. The molecule has 3 rings (SSSR count). The first-order valence-electron chi connectivity index (χ1n) is 8.52. The van der Waals surface area contributed by atoms with Gasteiger partial charge in [-0.1, -0.05) is 12.1 Å². The average molecular weight is 347 g/mol. The van der Waals surface area contributed by atoms with Gasteiger partial charge >= 0.3 is 0 Å². The van der Waals surface area contributed by atoms with Crippen molar-refractivity contribution in [1.82, 2.24) is 9.80 Å².